The molecule has 0 bridgehead atoms. The van der Waals surface area contributed by atoms with Crippen LogP contribution in [0.2, 0.25) is 0 Å². The van der Waals surface area contributed by atoms with Crippen LogP contribution in [0.3, 0.4) is 0 Å². The number of methoxy groups -OCH3 is 1. The van der Waals surface area contributed by atoms with Gasteiger partial charge in [0.1, 0.15) is 11.1 Å². The Balaban J connectivity index is 1.78. The maximum absolute atomic E-state index is 12.5. The summed E-state index contributed by atoms with van der Waals surface area (Å²) in [5, 5.41) is 3.17. The normalized spacial score (nSPS) is 10.8. The van der Waals surface area contributed by atoms with Gasteiger partial charge in [-0.15, -0.1) is 0 Å². The van der Waals surface area contributed by atoms with Crippen molar-refractivity contribution in [2.24, 2.45) is 0 Å². The van der Waals surface area contributed by atoms with Crippen LogP contribution in [0.4, 0.5) is 8.78 Å². The topological polar surface area (TPSA) is 77.8 Å². The third-order valence-corrected chi connectivity index (χ3v) is 3.78. The van der Waals surface area contributed by atoms with Crippen molar-refractivity contribution in [3.05, 3.63) is 70.1 Å². The Kier molecular flexibility index (Phi) is 5.35. The van der Waals surface area contributed by atoms with E-state index < -0.39 is 18.1 Å². The van der Waals surface area contributed by atoms with Crippen LogP contribution >= 0.6 is 0 Å². The Labute approximate surface area is 152 Å². The predicted molar refractivity (Wildman–Crippen MR) is 93.3 cm³/mol. The van der Waals surface area contributed by atoms with Gasteiger partial charge in [-0.2, -0.15) is 8.78 Å². The first kappa shape index (κ1) is 18.4. The van der Waals surface area contributed by atoms with E-state index in [0.717, 1.165) is 0 Å². The van der Waals surface area contributed by atoms with Crippen molar-refractivity contribution in [3.8, 4) is 11.5 Å². The molecule has 0 radical (unpaired) electrons. The maximum Gasteiger partial charge on any atom is 0.387 e. The second-order valence-electron chi connectivity index (χ2n) is 5.53. The number of amides is 1. The molecule has 6 nitrogen and oxygen atoms in total. The van der Waals surface area contributed by atoms with Crippen LogP contribution in [0, 0.1) is 0 Å². The second-order valence-corrected chi connectivity index (χ2v) is 5.53. The van der Waals surface area contributed by atoms with Gasteiger partial charge in [0.2, 0.25) is 0 Å². The van der Waals surface area contributed by atoms with Crippen LogP contribution in [-0.4, -0.2) is 19.6 Å². The summed E-state index contributed by atoms with van der Waals surface area (Å²) in [6.07, 6.45) is 0. The maximum atomic E-state index is 12.5. The number of hydrogen-bond donors (Lipinski definition) is 1. The first-order valence-corrected chi connectivity index (χ1v) is 7.90. The molecular weight excluding hydrogens is 360 g/mol. The number of fused-ring (bicyclic) bond motifs is 1. The van der Waals surface area contributed by atoms with Gasteiger partial charge in [0.05, 0.1) is 7.11 Å². The van der Waals surface area contributed by atoms with Gasteiger partial charge in [0.15, 0.2) is 11.5 Å². The fourth-order valence-electron chi connectivity index (χ4n) is 2.52. The lowest BCUT2D eigenvalue weighted by Gasteiger charge is -2.12. The van der Waals surface area contributed by atoms with Crippen LogP contribution in [0.25, 0.3) is 11.0 Å². The van der Waals surface area contributed by atoms with Crippen molar-refractivity contribution in [2.45, 2.75) is 13.2 Å². The lowest BCUT2D eigenvalue weighted by Crippen LogP contribution is -2.27. The average molecular weight is 375 g/mol. The number of carbonyl (C=O) groups is 1. The molecule has 0 saturated heterocycles. The monoisotopic (exact) mass is 375 g/mol. The van der Waals surface area contributed by atoms with Gasteiger partial charge in [0, 0.05) is 11.9 Å². The van der Waals surface area contributed by atoms with Gasteiger partial charge in [0.25, 0.3) is 5.91 Å². The van der Waals surface area contributed by atoms with E-state index in [-0.39, 0.29) is 23.6 Å². The third kappa shape index (κ3) is 4.22. The number of para-hydroxylation sites is 1. The molecule has 0 aliphatic carbocycles. The lowest BCUT2D eigenvalue weighted by atomic mass is 10.1. The lowest BCUT2D eigenvalue weighted by molar-refractivity contribution is -0.0512. The molecule has 0 saturated carbocycles. The predicted octanol–water partition coefficient (Wildman–Crippen LogP) is 3.33. The number of nitrogens with one attached hydrogen (secondary N) is 1. The Morgan fingerprint density at radius 3 is 2.67 bits per heavy atom. The highest BCUT2D eigenvalue weighted by Gasteiger charge is 2.15. The van der Waals surface area contributed by atoms with E-state index in [4.69, 9.17) is 9.15 Å². The number of hydrogen-bond acceptors (Lipinski definition) is 5. The van der Waals surface area contributed by atoms with Crippen molar-refractivity contribution in [1.82, 2.24) is 5.32 Å². The summed E-state index contributed by atoms with van der Waals surface area (Å²) in [5.41, 5.74) is -0.0399. The minimum atomic E-state index is -3.01. The van der Waals surface area contributed by atoms with Gasteiger partial charge in [-0.3, -0.25) is 4.79 Å². The molecule has 3 rings (SSSR count). The van der Waals surface area contributed by atoms with Crippen molar-refractivity contribution < 1.29 is 27.5 Å². The fourth-order valence-corrected chi connectivity index (χ4v) is 2.52. The molecule has 8 heteroatoms. The number of ether oxygens (including phenoxy) is 2. The number of alkyl halides is 2. The number of halogens is 2. The van der Waals surface area contributed by atoms with E-state index >= 15 is 0 Å². The van der Waals surface area contributed by atoms with Crippen LogP contribution in [0.1, 0.15) is 15.9 Å². The molecular formula is C19H15F2NO5. The van der Waals surface area contributed by atoms with Crippen molar-refractivity contribution in [3.63, 3.8) is 0 Å². The van der Waals surface area contributed by atoms with Crippen LogP contribution in [0.15, 0.2) is 57.7 Å². The third-order valence-electron chi connectivity index (χ3n) is 3.78. The minimum absolute atomic E-state index is 0.00527. The molecule has 1 heterocycles. The zero-order chi connectivity index (χ0) is 19.4. The minimum Gasteiger partial charge on any atom is -0.493 e. The Morgan fingerprint density at radius 2 is 1.93 bits per heavy atom. The molecule has 0 spiro atoms. The number of carbonyl (C=O) groups excluding carboxylic acids is 1. The molecule has 140 valence electrons. The van der Waals surface area contributed by atoms with Gasteiger partial charge >= 0.3 is 12.2 Å². The average Bonchev–Trinajstić information content (AvgIpc) is 2.65. The molecule has 1 amide bonds. The highest BCUT2D eigenvalue weighted by atomic mass is 19.3. The van der Waals surface area contributed by atoms with E-state index in [1.807, 2.05) is 0 Å². The molecule has 3 aromatic rings. The second kappa shape index (κ2) is 7.86. The zero-order valence-electron chi connectivity index (χ0n) is 14.2. The Hall–Kier alpha value is -3.42. The highest BCUT2D eigenvalue weighted by molar-refractivity contribution is 5.96. The smallest absolute Gasteiger partial charge is 0.387 e. The van der Waals surface area contributed by atoms with E-state index in [0.29, 0.717) is 16.5 Å². The molecule has 27 heavy (non-hydrogen) atoms. The molecule has 0 atom stereocenters. The van der Waals surface area contributed by atoms with Crippen LogP contribution in [0.5, 0.6) is 11.5 Å². The summed E-state index contributed by atoms with van der Waals surface area (Å²) in [7, 11) is 1.33. The zero-order valence-corrected chi connectivity index (χ0v) is 14.2. The summed E-state index contributed by atoms with van der Waals surface area (Å²) in [5.74, 6) is -0.647. The first-order valence-electron chi connectivity index (χ1n) is 7.90. The Bertz CT molecular complexity index is 1030. The SMILES string of the molecule is COc1ccc(CNC(=O)c2cc3ccccc3oc2=O)cc1OC(F)F. The standard InChI is InChI=1S/C19H15F2NO5/c1-25-15-7-6-11(8-16(15)27-19(20)21)10-22-17(23)13-9-12-4-2-3-5-14(12)26-18(13)24/h2-9,19H,10H2,1H3,(H,22,23). The quantitative estimate of drug-likeness (QED) is 0.669. The number of benzene rings is 2. The number of rotatable bonds is 6. The molecule has 1 N–H and O–H groups in total. The van der Waals surface area contributed by atoms with E-state index in [1.54, 1.807) is 30.3 Å². The first-order chi connectivity index (χ1) is 13.0. The van der Waals surface area contributed by atoms with Crippen molar-refractivity contribution in [2.75, 3.05) is 7.11 Å². The molecule has 1 aromatic heterocycles. The summed E-state index contributed by atoms with van der Waals surface area (Å²) < 4.78 is 39.4. The van der Waals surface area contributed by atoms with Gasteiger partial charge in [-0.05, 0) is 29.8 Å². The van der Waals surface area contributed by atoms with E-state index in [9.17, 15) is 18.4 Å². The summed E-state index contributed by atoms with van der Waals surface area (Å²) in [6.45, 7) is -3.01. The summed E-state index contributed by atoms with van der Waals surface area (Å²) in [6, 6.07) is 12.6. The largest absolute Gasteiger partial charge is 0.493 e. The van der Waals surface area contributed by atoms with E-state index in [2.05, 4.69) is 10.1 Å². The Morgan fingerprint density at radius 1 is 1.15 bits per heavy atom. The van der Waals surface area contributed by atoms with Gasteiger partial charge in [-0.1, -0.05) is 24.3 Å². The van der Waals surface area contributed by atoms with Crippen LogP contribution < -0.4 is 20.4 Å². The van der Waals surface area contributed by atoms with E-state index in [1.165, 1.54) is 25.3 Å². The fraction of sp³-hybridized carbons (Fsp3) is 0.158. The summed E-state index contributed by atoms with van der Waals surface area (Å²) >= 11 is 0. The summed E-state index contributed by atoms with van der Waals surface area (Å²) in [4.78, 5) is 24.3. The highest BCUT2D eigenvalue weighted by Crippen LogP contribution is 2.29. The van der Waals surface area contributed by atoms with Crippen LogP contribution in [-0.2, 0) is 6.54 Å². The van der Waals surface area contributed by atoms with Gasteiger partial charge < -0.3 is 19.2 Å². The molecule has 0 aliphatic rings. The van der Waals surface area contributed by atoms with Gasteiger partial charge in [-0.25, -0.2) is 4.79 Å². The van der Waals surface area contributed by atoms with Crippen molar-refractivity contribution in [1.29, 1.82) is 0 Å². The molecule has 2 aromatic carbocycles. The molecule has 0 fully saturated rings. The molecule has 0 unspecified atom stereocenters. The molecule has 0 aliphatic heterocycles. The van der Waals surface area contributed by atoms with Crippen molar-refractivity contribution >= 4 is 16.9 Å².